The number of nitrogens with zero attached hydrogens (tertiary/aromatic N) is 2. The Morgan fingerprint density at radius 1 is 1.29 bits per heavy atom. The zero-order valence-corrected chi connectivity index (χ0v) is 9.72. The van der Waals surface area contributed by atoms with Crippen molar-refractivity contribution in [1.82, 2.24) is 9.97 Å². The lowest BCUT2D eigenvalue weighted by molar-refractivity contribution is 0.244. The number of fused-ring (bicyclic) bond motifs is 1. The van der Waals surface area contributed by atoms with Gasteiger partial charge in [0.15, 0.2) is 11.6 Å². The van der Waals surface area contributed by atoms with Crippen LogP contribution >= 0.6 is 0 Å². The molecule has 0 radical (unpaired) electrons. The first-order chi connectivity index (χ1) is 8.20. The molecule has 0 aliphatic carbocycles. The summed E-state index contributed by atoms with van der Waals surface area (Å²) in [5, 5.41) is 12.0. The minimum absolute atomic E-state index is 0.133. The van der Waals surface area contributed by atoms with Crippen LogP contribution in [0.4, 0.5) is 11.6 Å². The lowest BCUT2D eigenvalue weighted by Crippen LogP contribution is -2.16. The average Bonchev–Trinajstić information content (AvgIpc) is 2.35. The fraction of sp³-hybridized carbons (Fsp3) is 0.333. The number of hydrogen-bond donors (Lipinski definition) is 3. The van der Waals surface area contributed by atoms with E-state index in [1.54, 1.807) is 0 Å². The molecule has 5 heteroatoms. The first kappa shape index (κ1) is 11.6. The van der Waals surface area contributed by atoms with Crippen LogP contribution < -0.4 is 11.1 Å². The van der Waals surface area contributed by atoms with Gasteiger partial charge >= 0.3 is 0 Å². The molecule has 17 heavy (non-hydrogen) atoms. The molecule has 1 atom stereocenters. The second-order valence-corrected chi connectivity index (χ2v) is 4.11. The molecule has 1 heterocycles. The quantitative estimate of drug-likeness (QED) is 0.739. The Kier molecular flexibility index (Phi) is 3.39. The molecule has 0 aliphatic heterocycles. The van der Waals surface area contributed by atoms with Crippen molar-refractivity contribution in [2.24, 2.45) is 5.92 Å². The van der Waals surface area contributed by atoms with Crippen molar-refractivity contribution in [2.75, 3.05) is 24.2 Å². The van der Waals surface area contributed by atoms with Crippen LogP contribution in [0.1, 0.15) is 6.92 Å². The molecule has 0 aliphatic rings. The van der Waals surface area contributed by atoms with E-state index in [0.29, 0.717) is 18.2 Å². The van der Waals surface area contributed by atoms with Crippen LogP contribution in [0.25, 0.3) is 11.0 Å². The smallest absolute Gasteiger partial charge is 0.169 e. The highest BCUT2D eigenvalue weighted by molar-refractivity contribution is 5.79. The lowest BCUT2D eigenvalue weighted by Gasteiger charge is -2.12. The standard InChI is InChI=1S/C12H16N4O/c1-8(7-17)6-14-12-11(13)15-9-4-2-3-5-10(9)16-12/h2-5,8,17H,6-7H2,1H3,(H2,13,15)(H,14,16). The highest BCUT2D eigenvalue weighted by Crippen LogP contribution is 2.18. The molecular weight excluding hydrogens is 216 g/mol. The summed E-state index contributed by atoms with van der Waals surface area (Å²) in [7, 11) is 0. The molecule has 90 valence electrons. The Morgan fingerprint density at radius 2 is 1.94 bits per heavy atom. The molecule has 4 N–H and O–H groups in total. The van der Waals surface area contributed by atoms with Crippen LogP contribution in [0.15, 0.2) is 24.3 Å². The van der Waals surface area contributed by atoms with Crippen LogP contribution in [0.5, 0.6) is 0 Å². The van der Waals surface area contributed by atoms with Crippen molar-refractivity contribution < 1.29 is 5.11 Å². The Bertz CT molecular complexity index is 515. The number of aliphatic hydroxyl groups excluding tert-OH is 1. The molecule has 0 saturated carbocycles. The van der Waals surface area contributed by atoms with E-state index in [4.69, 9.17) is 10.8 Å². The summed E-state index contributed by atoms with van der Waals surface area (Å²) in [5.41, 5.74) is 7.41. The van der Waals surface area contributed by atoms with E-state index in [9.17, 15) is 0 Å². The third kappa shape index (κ3) is 2.62. The molecule has 2 rings (SSSR count). The molecule has 2 aromatic rings. The number of nitrogen functional groups attached to an aromatic ring is 1. The molecule has 0 fully saturated rings. The maximum atomic E-state index is 8.95. The second-order valence-electron chi connectivity index (χ2n) is 4.11. The molecule has 5 nitrogen and oxygen atoms in total. The van der Waals surface area contributed by atoms with Crippen molar-refractivity contribution >= 4 is 22.7 Å². The minimum atomic E-state index is 0.133. The third-order valence-electron chi connectivity index (χ3n) is 2.53. The number of nitrogens with one attached hydrogen (secondary N) is 1. The summed E-state index contributed by atoms with van der Waals surface area (Å²) in [6, 6.07) is 7.58. The van der Waals surface area contributed by atoms with E-state index in [-0.39, 0.29) is 12.5 Å². The summed E-state index contributed by atoms with van der Waals surface area (Å²) in [6.45, 7) is 2.69. The molecule has 0 saturated heterocycles. The Hall–Kier alpha value is -1.88. The highest BCUT2D eigenvalue weighted by Gasteiger charge is 2.06. The third-order valence-corrected chi connectivity index (χ3v) is 2.53. The zero-order chi connectivity index (χ0) is 12.3. The van der Waals surface area contributed by atoms with E-state index in [1.807, 2.05) is 31.2 Å². The number of nitrogens with two attached hydrogens (primary N) is 1. The summed E-state index contributed by atoms with van der Waals surface area (Å²) in [6.07, 6.45) is 0. The van der Waals surface area contributed by atoms with E-state index >= 15 is 0 Å². The largest absolute Gasteiger partial charge is 0.396 e. The van der Waals surface area contributed by atoms with Crippen molar-refractivity contribution in [3.63, 3.8) is 0 Å². The molecular formula is C12H16N4O. The average molecular weight is 232 g/mol. The maximum absolute atomic E-state index is 8.95. The Morgan fingerprint density at radius 3 is 2.59 bits per heavy atom. The Balaban J connectivity index is 2.25. The number of aliphatic hydroxyl groups is 1. The fourth-order valence-corrected chi connectivity index (χ4v) is 1.48. The maximum Gasteiger partial charge on any atom is 0.169 e. The number of hydrogen-bond acceptors (Lipinski definition) is 5. The number of rotatable bonds is 4. The number of aromatic nitrogens is 2. The van der Waals surface area contributed by atoms with Gasteiger partial charge in [-0.2, -0.15) is 0 Å². The molecule has 1 aromatic carbocycles. The van der Waals surface area contributed by atoms with Gasteiger partial charge in [-0.25, -0.2) is 9.97 Å². The number of para-hydroxylation sites is 2. The van der Waals surface area contributed by atoms with Gasteiger partial charge in [0, 0.05) is 13.2 Å². The van der Waals surface area contributed by atoms with Crippen molar-refractivity contribution in [3.8, 4) is 0 Å². The van der Waals surface area contributed by atoms with E-state index in [2.05, 4.69) is 15.3 Å². The SMILES string of the molecule is CC(CO)CNc1nc2ccccc2nc1N. The fourth-order valence-electron chi connectivity index (χ4n) is 1.48. The van der Waals surface area contributed by atoms with E-state index < -0.39 is 0 Å². The van der Waals surface area contributed by atoms with Gasteiger partial charge in [-0.3, -0.25) is 0 Å². The zero-order valence-electron chi connectivity index (χ0n) is 9.72. The number of benzene rings is 1. The normalized spacial score (nSPS) is 12.6. The monoisotopic (exact) mass is 232 g/mol. The summed E-state index contributed by atoms with van der Waals surface area (Å²) in [4.78, 5) is 8.67. The van der Waals surface area contributed by atoms with Gasteiger partial charge in [0.2, 0.25) is 0 Å². The molecule has 0 spiro atoms. The second kappa shape index (κ2) is 4.97. The minimum Gasteiger partial charge on any atom is -0.396 e. The predicted octanol–water partition coefficient (Wildman–Crippen LogP) is 1.25. The van der Waals surface area contributed by atoms with Gasteiger partial charge in [-0.15, -0.1) is 0 Å². The van der Waals surface area contributed by atoms with Gasteiger partial charge < -0.3 is 16.2 Å². The van der Waals surface area contributed by atoms with Crippen molar-refractivity contribution in [2.45, 2.75) is 6.92 Å². The van der Waals surface area contributed by atoms with Crippen LogP contribution in [-0.2, 0) is 0 Å². The van der Waals surface area contributed by atoms with Crippen molar-refractivity contribution in [3.05, 3.63) is 24.3 Å². The molecule has 1 aromatic heterocycles. The first-order valence-electron chi connectivity index (χ1n) is 5.57. The van der Waals surface area contributed by atoms with Crippen LogP contribution in [-0.4, -0.2) is 28.2 Å². The highest BCUT2D eigenvalue weighted by atomic mass is 16.3. The van der Waals surface area contributed by atoms with Gasteiger partial charge in [0.1, 0.15) is 0 Å². The first-order valence-corrected chi connectivity index (χ1v) is 5.57. The topological polar surface area (TPSA) is 84.1 Å². The molecule has 1 unspecified atom stereocenters. The van der Waals surface area contributed by atoms with Crippen LogP contribution in [0.3, 0.4) is 0 Å². The van der Waals surface area contributed by atoms with Crippen LogP contribution in [0.2, 0.25) is 0 Å². The summed E-state index contributed by atoms with van der Waals surface area (Å²) in [5.74, 6) is 1.11. The van der Waals surface area contributed by atoms with Crippen molar-refractivity contribution in [1.29, 1.82) is 0 Å². The van der Waals surface area contributed by atoms with Gasteiger partial charge in [-0.05, 0) is 18.1 Å². The predicted molar refractivity (Wildman–Crippen MR) is 68.7 cm³/mol. The Labute approximate surface area is 99.7 Å². The summed E-state index contributed by atoms with van der Waals surface area (Å²) >= 11 is 0. The van der Waals surface area contributed by atoms with E-state index in [1.165, 1.54) is 0 Å². The number of anilines is 2. The van der Waals surface area contributed by atoms with Gasteiger partial charge in [0.25, 0.3) is 0 Å². The lowest BCUT2D eigenvalue weighted by atomic mass is 10.2. The van der Waals surface area contributed by atoms with Crippen LogP contribution in [0, 0.1) is 5.92 Å². The molecule has 0 bridgehead atoms. The molecule has 0 amide bonds. The van der Waals surface area contributed by atoms with Gasteiger partial charge in [-0.1, -0.05) is 19.1 Å². The van der Waals surface area contributed by atoms with E-state index in [0.717, 1.165) is 11.0 Å². The summed E-state index contributed by atoms with van der Waals surface area (Å²) < 4.78 is 0. The van der Waals surface area contributed by atoms with Gasteiger partial charge in [0.05, 0.1) is 11.0 Å².